The second-order valence-electron chi connectivity index (χ2n) is 6.12. The summed E-state index contributed by atoms with van der Waals surface area (Å²) in [6.45, 7) is 0. The Balaban J connectivity index is 1.55. The molecule has 5 nitrogen and oxygen atoms in total. The highest BCUT2D eigenvalue weighted by atomic mass is 127. The molecule has 1 aliphatic heterocycles. The molecule has 0 bridgehead atoms. The molecule has 1 N–H and O–H groups in total. The van der Waals surface area contributed by atoms with E-state index in [0.29, 0.717) is 33.1 Å². The number of carbonyl (C=O) groups is 3. The molecule has 3 aromatic rings. The Bertz CT molecular complexity index is 1090. The van der Waals surface area contributed by atoms with Crippen LogP contribution in [0.4, 0.5) is 11.4 Å². The van der Waals surface area contributed by atoms with E-state index in [0.717, 1.165) is 8.47 Å². The Labute approximate surface area is 179 Å². The fraction of sp³-hybridized carbons (Fsp3) is 0. The number of halogens is 2. The summed E-state index contributed by atoms with van der Waals surface area (Å²) in [5.41, 5.74) is 2.12. The molecule has 1 aliphatic rings. The maximum Gasteiger partial charge on any atom is 0.266 e. The standard InChI is InChI=1S/C21H12ClIN2O3/c22-18-10-5-12(23)11-17(18)19(26)24-13-6-8-14(9-7-13)25-20(27)15-3-1-2-4-16(15)21(25)28/h1-11H,(H,24,26). The molecule has 0 atom stereocenters. The number of carbonyl (C=O) groups excluding carboxylic acids is 3. The summed E-state index contributed by atoms with van der Waals surface area (Å²) < 4.78 is 0.896. The van der Waals surface area contributed by atoms with Crippen LogP contribution in [0.5, 0.6) is 0 Å². The van der Waals surface area contributed by atoms with E-state index in [4.69, 9.17) is 11.6 Å². The summed E-state index contributed by atoms with van der Waals surface area (Å²) in [5.74, 6) is -1.05. The number of hydrogen-bond donors (Lipinski definition) is 1. The van der Waals surface area contributed by atoms with Crippen molar-refractivity contribution in [2.45, 2.75) is 0 Å². The highest BCUT2D eigenvalue weighted by Gasteiger charge is 2.36. The Morgan fingerprint density at radius 2 is 1.50 bits per heavy atom. The molecule has 1 heterocycles. The molecule has 0 spiro atoms. The van der Waals surface area contributed by atoms with E-state index in [1.54, 1.807) is 60.7 Å². The fourth-order valence-electron chi connectivity index (χ4n) is 2.99. The van der Waals surface area contributed by atoms with Crippen molar-refractivity contribution in [3.05, 3.63) is 92.0 Å². The summed E-state index contributed by atoms with van der Waals surface area (Å²) in [4.78, 5) is 38.7. The van der Waals surface area contributed by atoms with E-state index in [9.17, 15) is 14.4 Å². The molecule has 3 amide bonds. The van der Waals surface area contributed by atoms with Crippen molar-refractivity contribution in [3.63, 3.8) is 0 Å². The zero-order valence-corrected chi connectivity index (χ0v) is 17.2. The first-order valence-electron chi connectivity index (χ1n) is 8.30. The number of anilines is 2. The highest BCUT2D eigenvalue weighted by Crippen LogP contribution is 2.29. The third-order valence-electron chi connectivity index (χ3n) is 4.35. The summed E-state index contributed by atoms with van der Waals surface area (Å²) in [6.07, 6.45) is 0. The van der Waals surface area contributed by atoms with Crippen molar-refractivity contribution in [1.29, 1.82) is 0 Å². The first kappa shape index (κ1) is 18.6. The number of nitrogens with zero attached hydrogens (tertiary/aromatic N) is 1. The minimum atomic E-state index is -0.358. The van der Waals surface area contributed by atoms with Gasteiger partial charge in [-0.05, 0) is 77.2 Å². The third-order valence-corrected chi connectivity index (χ3v) is 5.35. The zero-order chi connectivity index (χ0) is 19.8. The van der Waals surface area contributed by atoms with E-state index < -0.39 is 0 Å². The molecule has 28 heavy (non-hydrogen) atoms. The second kappa shape index (κ2) is 7.37. The maximum atomic E-state index is 12.5. The van der Waals surface area contributed by atoms with Crippen molar-refractivity contribution >= 4 is 63.3 Å². The molecule has 0 unspecified atom stereocenters. The van der Waals surface area contributed by atoms with Gasteiger partial charge in [-0.3, -0.25) is 14.4 Å². The van der Waals surface area contributed by atoms with Crippen LogP contribution in [-0.4, -0.2) is 17.7 Å². The average Bonchev–Trinajstić information content (AvgIpc) is 2.95. The lowest BCUT2D eigenvalue weighted by Crippen LogP contribution is -2.29. The van der Waals surface area contributed by atoms with Crippen molar-refractivity contribution < 1.29 is 14.4 Å². The SMILES string of the molecule is O=C(Nc1ccc(N2C(=O)c3ccccc3C2=O)cc1)c1cc(I)ccc1Cl. The molecule has 138 valence electrons. The summed E-state index contributed by atoms with van der Waals surface area (Å²) >= 11 is 8.21. The van der Waals surface area contributed by atoms with Gasteiger partial charge < -0.3 is 5.32 Å². The van der Waals surface area contributed by atoms with Gasteiger partial charge in [0.1, 0.15) is 0 Å². The monoisotopic (exact) mass is 502 g/mol. The zero-order valence-electron chi connectivity index (χ0n) is 14.3. The lowest BCUT2D eigenvalue weighted by atomic mass is 10.1. The van der Waals surface area contributed by atoms with Crippen LogP contribution < -0.4 is 10.2 Å². The van der Waals surface area contributed by atoms with Crippen LogP contribution >= 0.6 is 34.2 Å². The van der Waals surface area contributed by atoms with Gasteiger partial charge in [0.2, 0.25) is 0 Å². The van der Waals surface area contributed by atoms with Crippen LogP contribution in [0, 0.1) is 3.57 Å². The van der Waals surface area contributed by atoms with Crippen LogP contribution in [0.25, 0.3) is 0 Å². The molecule has 0 aliphatic carbocycles. The van der Waals surface area contributed by atoms with Crippen molar-refractivity contribution in [2.75, 3.05) is 10.2 Å². The van der Waals surface area contributed by atoms with E-state index >= 15 is 0 Å². The molecule has 0 radical (unpaired) electrons. The lowest BCUT2D eigenvalue weighted by Gasteiger charge is -2.14. The first-order chi connectivity index (χ1) is 13.5. The maximum absolute atomic E-state index is 12.5. The second-order valence-corrected chi connectivity index (χ2v) is 7.77. The molecular weight excluding hydrogens is 491 g/mol. The van der Waals surface area contributed by atoms with E-state index in [1.807, 2.05) is 6.07 Å². The van der Waals surface area contributed by atoms with Gasteiger partial charge in [-0.15, -0.1) is 0 Å². The number of imide groups is 1. The van der Waals surface area contributed by atoms with Crippen molar-refractivity contribution in [3.8, 4) is 0 Å². The van der Waals surface area contributed by atoms with Crippen molar-refractivity contribution in [1.82, 2.24) is 0 Å². The molecule has 0 fully saturated rings. The Morgan fingerprint density at radius 3 is 2.11 bits per heavy atom. The predicted octanol–water partition coefficient (Wildman–Crippen LogP) is 5.00. The molecular formula is C21H12ClIN2O3. The van der Waals surface area contributed by atoms with Gasteiger partial charge in [-0.2, -0.15) is 0 Å². The molecule has 0 saturated heterocycles. The quantitative estimate of drug-likeness (QED) is 0.405. The lowest BCUT2D eigenvalue weighted by molar-refractivity contribution is 0.0924. The largest absolute Gasteiger partial charge is 0.322 e. The summed E-state index contributed by atoms with van der Waals surface area (Å²) in [6, 6.07) is 18.4. The Kier molecular flexibility index (Phi) is 4.91. The van der Waals surface area contributed by atoms with Gasteiger partial charge in [0, 0.05) is 9.26 Å². The average molecular weight is 503 g/mol. The normalized spacial score (nSPS) is 12.9. The minimum Gasteiger partial charge on any atom is -0.322 e. The fourth-order valence-corrected chi connectivity index (χ4v) is 3.68. The van der Waals surface area contributed by atoms with Crippen LogP contribution in [0.1, 0.15) is 31.1 Å². The molecule has 4 rings (SSSR count). The highest BCUT2D eigenvalue weighted by molar-refractivity contribution is 14.1. The van der Waals surface area contributed by atoms with Crippen LogP contribution in [0.15, 0.2) is 66.7 Å². The smallest absolute Gasteiger partial charge is 0.266 e. The molecule has 0 saturated carbocycles. The summed E-state index contributed by atoms with van der Waals surface area (Å²) in [7, 11) is 0. The number of rotatable bonds is 3. The summed E-state index contributed by atoms with van der Waals surface area (Å²) in [5, 5.41) is 3.13. The van der Waals surface area contributed by atoms with Gasteiger partial charge in [-0.1, -0.05) is 23.7 Å². The number of hydrogen-bond acceptors (Lipinski definition) is 3. The van der Waals surface area contributed by atoms with E-state index in [2.05, 4.69) is 27.9 Å². The Hall–Kier alpha value is -2.71. The minimum absolute atomic E-state index is 0.336. The van der Waals surface area contributed by atoms with Gasteiger partial charge >= 0.3 is 0 Å². The van der Waals surface area contributed by atoms with Crippen molar-refractivity contribution in [2.24, 2.45) is 0 Å². The van der Waals surface area contributed by atoms with Crippen LogP contribution in [0.2, 0.25) is 5.02 Å². The predicted molar refractivity (Wildman–Crippen MR) is 116 cm³/mol. The van der Waals surface area contributed by atoms with Gasteiger partial charge in [0.25, 0.3) is 17.7 Å². The first-order valence-corrected chi connectivity index (χ1v) is 9.75. The van der Waals surface area contributed by atoms with Crippen LogP contribution in [0.3, 0.4) is 0 Å². The molecule has 7 heteroatoms. The van der Waals surface area contributed by atoms with E-state index in [-0.39, 0.29) is 17.7 Å². The number of amides is 3. The third kappa shape index (κ3) is 3.29. The number of nitrogens with one attached hydrogen (secondary N) is 1. The number of benzene rings is 3. The van der Waals surface area contributed by atoms with Gasteiger partial charge in [0.15, 0.2) is 0 Å². The molecule has 3 aromatic carbocycles. The Morgan fingerprint density at radius 1 is 0.893 bits per heavy atom. The number of fused-ring (bicyclic) bond motifs is 1. The van der Waals surface area contributed by atoms with E-state index in [1.165, 1.54) is 0 Å². The van der Waals surface area contributed by atoms with Gasteiger partial charge in [-0.25, -0.2) is 4.90 Å². The molecule has 0 aromatic heterocycles. The van der Waals surface area contributed by atoms with Gasteiger partial charge in [0.05, 0.1) is 27.4 Å². The topological polar surface area (TPSA) is 66.5 Å². The van der Waals surface area contributed by atoms with Crippen LogP contribution in [-0.2, 0) is 0 Å².